The summed E-state index contributed by atoms with van der Waals surface area (Å²) in [4.78, 5) is 59.5. The van der Waals surface area contributed by atoms with E-state index >= 15 is 0 Å². The van der Waals surface area contributed by atoms with Gasteiger partial charge < -0.3 is 30.4 Å². The minimum Gasteiger partial charge on any atom is -0.512 e. The molecule has 4 radical (unpaired) electrons. The van der Waals surface area contributed by atoms with Gasteiger partial charge in [0.15, 0.2) is 23.1 Å². The standard InChI is InChI=1S/C27H18N.C24H20N.C23H16N.C23H18N.4C5H8O2.4Ir/c1-3-10-20(11-4-1)22-15-9-16-24(18-22)27-25(21-12-5-2-6-13-21)19-23-14-7-8-17-26(23)28-27;1-18-15-23(20-11-6-3-7-12-20)17-25-24(18)22-14-8-13-21(16-22)19-9-4-2-5-10-19;1-3-9-18(10-4-1)20-13-7-14-21(17-20)23-22(15-8-16-24-23)19-11-5-2-6-12-19;1-2-17-15-20-11-6-7-14-22(20)24-23(17)21-13-8-12-19(16-21)18-9-4-3-5-10-18;4*1-4(6)3-5(2)7;;;;/h1-15,17-19H;2-13,15-16,23H,17H2,1H3;1-13,15-17H;3-12,14-16H,2H2,1H3;4*3,6H,1-2H3;;;;/q4*-1;;;;;;;;. The monoisotopic (exact) mass is 2460 g/mol. The number of allylic oxidation sites excluding steroid dienone is 9. The van der Waals surface area contributed by atoms with E-state index in [1.807, 2.05) is 85.1 Å². The molecule has 0 bridgehead atoms. The van der Waals surface area contributed by atoms with E-state index in [0.717, 1.165) is 91.1 Å². The van der Waals surface area contributed by atoms with Crippen molar-refractivity contribution in [2.24, 2.45) is 4.99 Å². The summed E-state index contributed by atoms with van der Waals surface area (Å²) in [6, 6.07) is 137. The molecule has 1 aliphatic heterocycles. The van der Waals surface area contributed by atoms with Crippen LogP contribution < -0.4 is 0 Å². The average Bonchev–Trinajstić information content (AvgIpc) is 0.762. The Kier molecular flexibility index (Phi) is 46.5. The predicted octanol–water partition coefficient (Wildman–Crippen LogP) is 28.7. The number of aliphatic imine (C=N–C) groups is 1. The van der Waals surface area contributed by atoms with Crippen molar-refractivity contribution in [3.8, 4) is 101 Å². The van der Waals surface area contributed by atoms with Gasteiger partial charge in [-0.2, -0.15) is 0 Å². The van der Waals surface area contributed by atoms with Crippen LogP contribution in [0.1, 0.15) is 91.8 Å². The summed E-state index contributed by atoms with van der Waals surface area (Å²) < 4.78 is 0. The van der Waals surface area contributed by atoms with Gasteiger partial charge in [-0.15, -0.1) is 142 Å². The Hall–Kier alpha value is -13.3. The SMILES string of the molecule is CC(=O)C=C(C)O.CC(=O)C=C(C)O.CC(=O)C=C(C)O.CC(=O)C=C(C)O.CC1=CC(c2ccccc2)CN=C1c1[c-]ccc(-c2ccccc2)c1.CCc1cc2ccccc2nc1-c1[c-]ccc(-c2ccccc2)c1.[Ir].[Ir].[Ir].[Ir].[c-]1ccc(-c2ccccc2)cc1-c1nc2ccccc2cc1-c1ccccc1.[c-]1ccc(-c2ccccc2)cc1-c1ncccc1-c1ccccc1. The number of nitrogens with zero attached hydrogens (tertiary/aromatic N) is 4. The molecule has 0 fully saturated rings. The van der Waals surface area contributed by atoms with Gasteiger partial charge in [-0.3, -0.25) is 29.1 Å². The van der Waals surface area contributed by atoms with Crippen LogP contribution in [0.25, 0.3) is 122 Å². The van der Waals surface area contributed by atoms with E-state index < -0.39 is 0 Å². The van der Waals surface area contributed by atoms with Crippen molar-refractivity contribution >= 4 is 50.7 Å². The zero-order valence-electron chi connectivity index (χ0n) is 75.6. The maximum absolute atomic E-state index is 10.0. The molecule has 4 heterocycles. The molecule has 0 spiro atoms. The van der Waals surface area contributed by atoms with Gasteiger partial charge in [-0.05, 0) is 171 Å². The van der Waals surface area contributed by atoms with E-state index in [1.165, 1.54) is 152 Å². The quantitative estimate of drug-likeness (QED) is 0.0407. The topological polar surface area (TPSA) is 200 Å². The molecule has 1 unspecified atom stereocenters. The number of carbonyl (C=O) groups excluding carboxylic acids is 4. The number of hydrogen-bond donors (Lipinski definition) is 4. The summed E-state index contributed by atoms with van der Waals surface area (Å²) in [6.07, 6.45) is 9.79. The van der Waals surface area contributed by atoms with Crippen LogP contribution in [-0.2, 0) is 106 Å². The van der Waals surface area contributed by atoms with Crippen LogP contribution in [-0.4, -0.2) is 70.8 Å². The number of fused-ring (bicyclic) bond motifs is 2. The minimum absolute atomic E-state index is 0. The fourth-order valence-corrected chi connectivity index (χ4v) is 14.1. The summed E-state index contributed by atoms with van der Waals surface area (Å²) >= 11 is 0. The van der Waals surface area contributed by atoms with Gasteiger partial charge in [0, 0.05) is 123 Å². The molecule has 1 aliphatic rings. The Morgan fingerprint density at radius 3 is 0.992 bits per heavy atom. The van der Waals surface area contributed by atoms with E-state index in [1.54, 1.807) is 0 Å². The van der Waals surface area contributed by atoms with Crippen molar-refractivity contribution in [1.29, 1.82) is 0 Å². The van der Waals surface area contributed by atoms with Gasteiger partial charge in [-0.25, -0.2) is 0 Å². The number of para-hydroxylation sites is 2. The molecule has 133 heavy (non-hydrogen) atoms. The number of rotatable bonds is 16. The summed E-state index contributed by atoms with van der Waals surface area (Å²) in [5.41, 5.74) is 28.1. The van der Waals surface area contributed by atoms with Crippen LogP contribution in [0.2, 0.25) is 0 Å². The molecule has 16 aromatic rings. The molecule has 16 heteroatoms. The molecular formula is C117H104Ir4N4O8-4. The zero-order valence-corrected chi connectivity index (χ0v) is 85.1. The fourth-order valence-electron chi connectivity index (χ4n) is 14.1. The van der Waals surface area contributed by atoms with Crippen molar-refractivity contribution in [3.05, 3.63) is 464 Å². The smallest absolute Gasteiger partial charge is 0.155 e. The summed E-state index contributed by atoms with van der Waals surface area (Å²) in [7, 11) is 0. The van der Waals surface area contributed by atoms with Gasteiger partial charge in [0.2, 0.25) is 0 Å². The van der Waals surface area contributed by atoms with Crippen LogP contribution in [0.5, 0.6) is 0 Å². The molecular weight excluding hydrogens is 2360 g/mol. The average molecular weight is 2460 g/mol. The molecule has 12 nitrogen and oxygen atoms in total. The molecule has 17 rings (SSSR count). The minimum atomic E-state index is -0.125. The molecule has 0 aliphatic carbocycles. The zero-order chi connectivity index (χ0) is 91.8. The van der Waals surface area contributed by atoms with Gasteiger partial charge in [0.25, 0.3) is 0 Å². The van der Waals surface area contributed by atoms with Crippen LogP contribution in [0.15, 0.2) is 428 Å². The number of carbonyl (C=O) groups is 4. The number of benzene rings is 13. The Morgan fingerprint density at radius 1 is 0.331 bits per heavy atom. The number of aryl methyl sites for hydroxylation is 1. The van der Waals surface area contributed by atoms with Crippen LogP contribution in [0, 0.1) is 24.3 Å². The molecule has 0 saturated carbocycles. The van der Waals surface area contributed by atoms with E-state index in [2.05, 4.69) is 328 Å². The van der Waals surface area contributed by atoms with Crippen LogP contribution in [0.4, 0.5) is 0 Å². The van der Waals surface area contributed by atoms with Crippen LogP contribution >= 0.6 is 0 Å². The van der Waals surface area contributed by atoms with E-state index in [-0.39, 0.29) is 127 Å². The maximum atomic E-state index is 10.0. The largest absolute Gasteiger partial charge is 0.512 e. The number of aliphatic hydroxyl groups excluding tert-OH is 4. The summed E-state index contributed by atoms with van der Waals surface area (Å²) in [6.45, 7) is 16.5. The van der Waals surface area contributed by atoms with E-state index in [0.29, 0.717) is 5.92 Å². The molecule has 13 aromatic carbocycles. The number of aliphatic hydroxyl groups is 4. The van der Waals surface area contributed by atoms with Gasteiger partial charge in [0.1, 0.15) is 0 Å². The Bertz CT molecular complexity index is 6480. The molecule has 680 valence electrons. The van der Waals surface area contributed by atoms with Crippen molar-refractivity contribution in [2.75, 3.05) is 6.54 Å². The van der Waals surface area contributed by atoms with Crippen molar-refractivity contribution < 1.29 is 120 Å². The first-order valence-electron chi connectivity index (χ1n) is 42.4. The molecule has 0 amide bonds. The van der Waals surface area contributed by atoms with Gasteiger partial charge in [0.05, 0.1) is 34.1 Å². The second kappa shape index (κ2) is 57.1. The molecule has 3 aromatic heterocycles. The molecule has 4 N–H and O–H groups in total. The first-order chi connectivity index (χ1) is 62.5. The van der Waals surface area contributed by atoms with Crippen molar-refractivity contribution in [1.82, 2.24) is 15.0 Å². The fraction of sp³-hybridized carbons (Fsp3) is 0.111. The third-order valence-corrected chi connectivity index (χ3v) is 19.7. The number of hydrogen-bond acceptors (Lipinski definition) is 12. The normalized spacial score (nSPS) is 11.7. The first-order valence-corrected chi connectivity index (χ1v) is 42.4. The van der Waals surface area contributed by atoms with Gasteiger partial charge >= 0.3 is 0 Å². The Labute approximate surface area is 836 Å². The number of aromatic nitrogens is 3. The van der Waals surface area contributed by atoms with Gasteiger partial charge in [-0.1, -0.05) is 291 Å². The number of pyridine rings is 3. The van der Waals surface area contributed by atoms with Crippen molar-refractivity contribution in [3.63, 3.8) is 0 Å². The predicted molar refractivity (Wildman–Crippen MR) is 530 cm³/mol. The Balaban J connectivity index is 0.000000246. The third kappa shape index (κ3) is 35.1. The first kappa shape index (κ1) is 108. The Morgan fingerprint density at radius 2 is 0.639 bits per heavy atom. The second-order valence-corrected chi connectivity index (χ2v) is 30.3. The number of ketones is 4. The van der Waals surface area contributed by atoms with Crippen LogP contribution in [0.3, 0.4) is 0 Å². The number of dihydropyridines is 1. The molecule has 0 saturated heterocycles. The summed E-state index contributed by atoms with van der Waals surface area (Å²) in [5, 5.41) is 35.8. The van der Waals surface area contributed by atoms with E-state index in [9.17, 15) is 19.2 Å². The van der Waals surface area contributed by atoms with E-state index in [4.69, 9.17) is 35.4 Å². The third-order valence-electron chi connectivity index (χ3n) is 19.7. The van der Waals surface area contributed by atoms with Crippen molar-refractivity contribution in [2.45, 2.75) is 81.6 Å². The second-order valence-electron chi connectivity index (χ2n) is 30.3. The molecule has 1 atom stereocenters. The summed E-state index contributed by atoms with van der Waals surface area (Å²) in [5.74, 6) is 0.113. The maximum Gasteiger partial charge on any atom is 0.155 e.